The fourth-order valence-corrected chi connectivity index (χ4v) is 3.20. The molecule has 0 bridgehead atoms. The number of hydrogen-bond donors (Lipinski definition) is 0. The third kappa shape index (κ3) is 2.98. The van der Waals surface area contributed by atoms with Crippen LogP contribution in [0.5, 0.6) is 0 Å². The summed E-state index contributed by atoms with van der Waals surface area (Å²) < 4.78 is 1.83. The fourth-order valence-electron chi connectivity index (χ4n) is 3.20. The van der Waals surface area contributed by atoms with Gasteiger partial charge < -0.3 is 9.80 Å². The Bertz CT molecular complexity index is 602. The van der Waals surface area contributed by atoms with Crippen LogP contribution in [0, 0.1) is 11.3 Å². The van der Waals surface area contributed by atoms with Crippen molar-refractivity contribution in [1.29, 1.82) is 5.26 Å². The van der Waals surface area contributed by atoms with E-state index >= 15 is 0 Å². The molecule has 0 aliphatic carbocycles. The Kier molecular flexibility index (Phi) is 4.14. The van der Waals surface area contributed by atoms with Crippen LogP contribution >= 0.6 is 0 Å². The minimum absolute atomic E-state index is 0.172. The van der Waals surface area contributed by atoms with Crippen LogP contribution in [0.1, 0.15) is 17.8 Å². The van der Waals surface area contributed by atoms with E-state index in [9.17, 15) is 4.79 Å². The van der Waals surface area contributed by atoms with Gasteiger partial charge in [-0.25, -0.2) is 0 Å². The van der Waals surface area contributed by atoms with Gasteiger partial charge in [0, 0.05) is 25.7 Å². The third-order valence-corrected chi connectivity index (χ3v) is 4.60. The van der Waals surface area contributed by atoms with Gasteiger partial charge in [-0.1, -0.05) is 0 Å². The van der Waals surface area contributed by atoms with Gasteiger partial charge in [0.2, 0.25) is 5.91 Å². The average Bonchev–Trinajstić information content (AvgIpc) is 3.12. The van der Waals surface area contributed by atoms with Gasteiger partial charge in [0.05, 0.1) is 25.3 Å². The summed E-state index contributed by atoms with van der Waals surface area (Å²) in [5, 5.41) is 13.1. The van der Waals surface area contributed by atoms with Gasteiger partial charge in [0.15, 0.2) is 5.69 Å². The lowest BCUT2D eigenvalue weighted by Crippen LogP contribution is -2.44. The number of carbonyl (C=O) groups is 1. The molecule has 0 spiro atoms. The molecule has 1 saturated heterocycles. The predicted octanol–water partition coefficient (Wildman–Crippen LogP) is -0.267. The highest BCUT2D eigenvalue weighted by atomic mass is 16.2. The zero-order valence-corrected chi connectivity index (χ0v) is 13.2. The molecule has 2 aliphatic rings. The molecular weight excluding hydrogens is 280 g/mol. The van der Waals surface area contributed by atoms with Crippen molar-refractivity contribution >= 4 is 5.91 Å². The molecule has 7 heteroatoms. The zero-order chi connectivity index (χ0) is 15.7. The van der Waals surface area contributed by atoms with Crippen LogP contribution < -0.4 is 0 Å². The second-order valence-electron chi connectivity index (χ2n) is 6.31. The maximum Gasteiger partial charge on any atom is 0.237 e. The Labute approximate surface area is 130 Å². The monoisotopic (exact) mass is 302 g/mol. The van der Waals surface area contributed by atoms with Gasteiger partial charge in [-0.2, -0.15) is 10.4 Å². The van der Waals surface area contributed by atoms with Crippen LogP contribution in [-0.2, 0) is 17.9 Å². The van der Waals surface area contributed by atoms with Gasteiger partial charge in [-0.15, -0.1) is 0 Å². The Morgan fingerprint density at radius 2 is 2.27 bits per heavy atom. The van der Waals surface area contributed by atoms with E-state index in [2.05, 4.69) is 35.1 Å². The average molecular weight is 302 g/mol. The third-order valence-electron chi connectivity index (χ3n) is 4.60. The first kappa shape index (κ1) is 15.0. The number of likely N-dealkylation sites (tertiary alicyclic amines) is 1. The summed E-state index contributed by atoms with van der Waals surface area (Å²) in [6.07, 6.45) is 1.12. The molecule has 0 saturated carbocycles. The Balaban J connectivity index is 1.57. The van der Waals surface area contributed by atoms with Crippen molar-refractivity contribution in [3.63, 3.8) is 0 Å². The van der Waals surface area contributed by atoms with Gasteiger partial charge in [-0.05, 0) is 26.6 Å². The number of rotatable bonds is 3. The highest BCUT2D eigenvalue weighted by Crippen LogP contribution is 2.16. The molecule has 1 aromatic heterocycles. The summed E-state index contributed by atoms with van der Waals surface area (Å²) in [5.74, 6) is 0.172. The molecule has 3 rings (SSSR count). The summed E-state index contributed by atoms with van der Waals surface area (Å²) in [6.45, 7) is 4.33. The number of hydrogen-bond acceptors (Lipinski definition) is 5. The van der Waals surface area contributed by atoms with E-state index in [0.29, 0.717) is 37.9 Å². The van der Waals surface area contributed by atoms with Gasteiger partial charge in [0.1, 0.15) is 6.07 Å². The van der Waals surface area contributed by atoms with Crippen molar-refractivity contribution in [3.8, 4) is 6.07 Å². The number of fused-ring (bicyclic) bond motifs is 1. The molecular formula is C15H22N6O. The van der Waals surface area contributed by atoms with Crippen molar-refractivity contribution in [1.82, 2.24) is 24.5 Å². The summed E-state index contributed by atoms with van der Waals surface area (Å²) >= 11 is 0. The van der Waals surface area contributed by atoms with E-state index in [1.165, 1.54) is 0 Å². The van der Waals surface area contributed by atoms with E-state index in [1.54, 1.807) is 6.07 Å². The van der Waals surface area contributed by atoms with Crippen molar-refractivity contribution in [2.45, 2.75) is 25.6 Å². The molecule has 118 valence electrons. The Hall–Kier alpha value is -1.91. The second-order valence-corrected chi connectivity index (χ2v) is 6.31. The molecule has 7 nitrogen and oxygen atoms in total. The van der Waals surface area contributed by atoms with Gasteiger partial charge >= 0.3 is 0 Å². The first-order chi connectivity index (χ1) is 10.6. The van der Waals surface area contributed by atoms with E-state index in [-0.39, 0.29) is 5.91 Å². The number of aromatic nitrogens is 2. The number of likely N-dealkylation sites (N-methyl/N-ethyl adjacent to an activating group) is 1. The quantitative estimate of drug-likeness (QED) is 0.769. The van der Waals surface area contributed by atoms with Crippen molar-refractivity contribution < 1.29 is 4.79 Å². The maximum absolute atomic E-state index is 12.5. The highest BCUT2D eigenvalue weighted by Gasteiger charge is 2.28. The van der Waals surface area contributed by atoms with Crippen LogP contribution in [-0.4, -0.2) is 76.7 Å². The van der Waals surface area contributed by atoms with Crippen molar-refractivity contribution in [2.24, 2.45) is 0 Å². The van der Waals surface area contributed by atoms with Crippen molar-refractivity contribution in [2.75, 3.05) is 40.3 Å². The van der Waals surface area contributed by atoms with Crippen LogP contribution in [0.25, 0.3) is 0 Å². The Morgan fingerprint density at radius 3 is 2.95 bits per heavy atom. The molecule has 2 aliphatic heterocycles. The number of carbonyl (C=O) groups excluding carboxylic acids is 1. The standard InChI is InChI=1S/C15H22N6O/c1-18(2)13-3-4-19(9-13)11-15(22)20-5-6-21-14(10-20)7-12(8-16)17-21/h7,13H,3-6,9-11H2,1-2H3/t13-/m0/s1. The number of amides is 1. The van der Waals surface area contributed by atoms with E-state index < -0.39 is 0 Å². The lowest BCUT2D eigenvalue weighted by Gasteiger charge is -2.29. The van der Waals surface area contributed by atoms with Gasteiger partial charge in [0.25, 0.3) is 0 Å². The molecule has 0 unspecified atom stereocenters. The minimum Gasteiger partial charge on any atom is -0.334 e. The molecule has 1 fully saturated rings. The summed E-state index contributed by atoms with van der Waals surface area (Å²) in [6, 6.07) is 4.38. The number of nitrogens with zero attached hydrogens (tertiary/aromatic N) is 6. The van der Waals surface area contributed by atoms with E-state index in [1.807, 2.05) is 9.58 Å². The zero-order valence-electron chi connectivity index (χ0n) is 13.2. The highest BCUT2D eigenvalue weighted by molar-refractivity contribution is 5.78. The first-order valence-corrected chi connectivity index (χ1v) is 7.70. The molecule has 1 aromatic rings. The van der Waals surface area contributed by atoms with Crippen LogP contribution in [0.2, 0.25) is 0 Å². The van der Waals surface area contributed by atoms with Crippen LogP contribution in [0.4, 0.5) is 0 Å². The van der Waals surface area contributed by atoms with Crippen LogP contribution in [0.15, 0.2) is 6.07 Å². The minimum atomic E-state index is 0.172. The van der Waals surface area contributed by atoms with E-state index in [4.69, 9.17) is 5.26 Å². The van der Waals surface area contributed by atoms with E-state index in [0.717, 1.165) is 25.2 Å². The molecule has 3 heterocycles. The lowest BCUT2D eigenvalue weighted by molar-refractivity contribution is -0.133. The predicted molar refractivity (Wildman–Crippen MR) is 80.9 cm³/mol. The van der Waals surface area contributed by atoms with Gasteiger partial charge in [-0.3, -0.25) is 14.4 Å². The van der Waals surface area contributed by atoms with Crippen molar-refractivity contribution in [3.05, 3.63) is 17.5 Å². The molecule has 0 aromatic carbocycles. The maximum atomic E-state index is 12.5. The molecule has 1 atom stereocenters. The molecule has 1 amide bonds. The molecule has 0 N–H and O–H groups in total. The first-order valence-electron chi connectivity index (χ1n) is 7.70. The number of nitriles is 1. The summed E-state index contributed by atoms with van der Waals surface area (Å²) in [5.41, 5.74) is 1.38. The second kappa shape index (κ2) is 6.07. The summed E-state index contributed by atoms with van der Waals surface area (Å²) in [4.78, 5) is 18.8. The normalized spacial score (nSPS) is 21.9. The molecule has 0 radical (unpaired) electrons. The fraction of sp³-hybridized carbons (Fsp3) is 0.667. The largest absolute Gasteiger partial charge is 0.334 e. The lowest BCUT2D eigenvalue weighted by atomic mass is 10.2. The van der Waals surface area contributed by atoms with Crippen LogP contribution in [0.3, 0.4) is 0 Å². The molecule has 22 heavy (non-hydrogen) atoms. The topological polar surface area (TPSA) is 68.4 Å². The summed E-state index contributed by atoms with van der Waals surface area (Å²) in [7, 11) is 4.18. The smallest absolute Gasteiger partial charge is 0.237 e. The Morgan fingerprint density at radius 1 is 1.45 bits per heavy atom. The SMILES string of the molecule is CN(C)[C@H]1CCN(CC(=O)N2CCn3nc(C#N)cc3C2)C1.